The number of hydrogen-bond acceptors (Lipinski definition) is 5. The fourth-order valence-electron chi connectivity index (χ4n) is 5.42. The average Bonchev–Trinajstić information content (AvgIpc) is 3.37. The van der Waals surface area contributed by atoms with Crippen molar-refractivity contribution in [3.05, 3.63) is 60.7 Å². The Morgan fingerprint density at radius 3 is 2.54 bits per heavy atom. The van der Waals surface area contributed by atoms with Gasteiger partial charge in [-0.1, -0.05) is 49.3 Å². The van der Waals surface area contributed by atoms with Crippen LogP contribution >= 0.6 is 0 Å². The predicted molar refractivity (Wildman–Crippen MR) is 143 cm³/mol. The first-order valence-corrected chi connectivity index (χ1v) is 13.6. The highest BCUT2D eigenvalue weighted by molar-refractivity contribution is 5.86. The number of hydrogen-bond donors (Lipinski definition) is 2. The van der Waals surface area contributed by atoms with Crippen LogP contribution in [0, 0.1) is 5.92 Å². The van der Waals surface area contributed by atoms with Crippen molar-refractivity contribution < 1.29 is 24.2 Å². The van der Waals surface area contributed by atoms with E-state index in [1.54, 1.807) is 11.0 Å². The number of aliphatic hydroxyl groups excluding tert-OH is 1. The standard InChI is InChI=1S/C30H42N2O5/c1-3-5-6-7-15-28(35)37-22-30(16-10-11-17-30)31-29(36)24(12-4-2)19-27(34)32-20-25-14-9-8-13-23(25)18-26(32)21-33/h3-4,8-9,13-14,24,26,33H,1-2,5-7,10-12,15-22H2,(H,31,36)/t24-,26+/m1/s1. The summed E-state index contributed by atoms with van der Waals surface area (Å²) in [6.07, 6.45) is 10.8. The first kappa shape index (κ1) is 28.6. The van der Waals surface area contributed by atoms with Crippen LogP contribution in [0.2, 0.25) is 0 Å². The molecule has 1 fully saturated rings. The third-order valence-corrected chi connectivity index (χ3v) is 7.63. The maximum atomic E-state index is 13.4. The normalized spacial score (nSPS) is 18.9. The van der Waals surface area contributed by atoms with Gasteiger partial charge in [0.1, 0.15) is 6.61 Å². The van der Waals surface area contributed by atoms with Crippen LogP contribution in [0.25, 0.3) is 0 Å². The number of rotatable bonds is 14. The van der Waals surface area contributed by atoms with Gasteiger partial charge in [0.25, 0.3) is 0 Å². The highest BCUT2D eigenvalue weighted by Crippen LogP contribution is 2.31. The van der Waals surface area contributed by atoms with Gasteiger partial charge in [0.05, 0.1) is 24.1 Å². The van der Waals surface area contributed by atoms with E-state index in [-0.39, 0.29) is 43.5 Å². The maximum absolute atomic E-state index is 13.4. The number of nitrogens with one attached hydrogen (secondary N) is 1. The third-order valence-electron chi connectivity index (χ3n) is 7.63. The lowest BCUT2D eigenvalue weighted by atomic mass is 9.91. The second-order valence-corrected chi connectivity index (χ2v) is 10.4. The molecule has 7 heteroatoms. The van der Waals surface area contributed by atoms with E-state index in [4.69, 9.17) is 4.74 Å². The zero-order valence-corrected chi connectivity index (χ0v) is 22.0. The summed E-state index contributed by atoms with van der Waals surface area (Å²) in [5.41, 5.74) is 1.62. The summed E-state index contributed by atoms with van der Waals surface area (Å²) in [5.74, 6) is -1.19. The number of unbranched alkanes of at least 4 members (excludes halogenated alkanes) is 2. The quantitative estimate of drug-likeness (QED) is 0.222. The minimum Gasteiger partial charge on any atom is -0.463 e. The molecule has 202 valence electrons. The van der Waals surface area contributed by atoms with Gasteiger partial charge in [-0.3, -0.25) is 14.4 Å². The molecule has 0 bridgehead atoms. The molecular formula is C30H42N2O5. The number of fused-ring (bicyclic) bond motifs is 1. The number of carbonyl (C=O) groups excluding carboxylic acids is 3. The summed E-state index contributed by atoms with van der Waals surface area (Å²) in [4.78, 5) is 40.7. The van der Waals surface area contributed by atoms with Crippen molar-refractivity contribution in [2.75, 3.05) is 13.2 Å². The molecule has 1 aliphatic heterocycles. The Bertz CT molecular complexity index is 953. The van der Waals surface area contributed by atoms with E-state index in [2.05, 4.69) is 18.5 Å². The number of benzene rings is 1. The van der Waals surface area contributed by atoms with E-state index in [0.717, 1.165) is 56.1 Å². The Morgan fingerprint density at radius 1 is 1.14 bits per heavy atom. The largest absolute Gasteiger partial charge is 0.463 e. The molecular weight excluding hydrogens is 468 g/mol. The van der Waals surface area contributed by atoms with Crippen molar-refractivity contribution in [3.63, 3.8) is 0 Å². The number of nitrogens with zero attached hydrogens (tertiary/aromatic N) is 1. The van der Waals surface area contributed by atoms with E-state index < -0.39 is 11.5 Å². The summed E-state index contributed by atoms with van der Waals surface area (Å²) in [5, 5.41) is 13.1. The van der Waals surface area contributed by atoms with Crippen LogP contribution in [-0.4, -0.2) is 52.6 Å². The molecule has 0 unspecified atom stereocenters. The van der Waals surface area contributed by atoms with Crippen LogP contribution in [0.3, 0.4) is 0 Å². The Kier molecular flexibility index (Phi) is 10.9. The molecule has 1 heterocycles. The van der Waals surface area contributed by atoms with Gasteiger partial charge in [-0.05, 0) is 56.1 Å². The number of allylic oxidation sites excluding steroid dienone is 2. The van der Waals surface area contributed by atoms with E-state index in [1.807, 2.05) is 30.3 Å². The molecule has 3 rings (SSSR count). The first-order chi connectivity index (χ1) is 17.9. The van der Waals surface area contributed by atoms with Crippen molar-refractivity contribution >= 4 is 17.8 Å². The summed E-state index contributed by atoms with van der Waals surface area (Å²) >= 11 is 0. The lowest BCUT2D eigenvalue weighted by Gasteiger charge is -2.37. The SMILES string of the molecule is C=CCCCCC(=O)OCC1(NC(=O)[C@H](CC=C)CC(=O)N2Cc3ccccc3C[C@H]2CO)CCCC1. The second-order valence-electron chi connectivity index (χ2n) is 10.4. The van der Waals surface area contributed by atoms with Crippen LogP contribution in [0.15, 0.2) is 49.6 Å². The van der Waals surface area contributed by atoms with Crippen LogP contribution in [0.5, 0.6) is 0 Å². The number of esters is 1. The highest BCUT2D eigenvalue weighted by Gasteiger charge is 2.39. The minimum atomic E-state index is -0.589. The molecule has 37 heavy (non-hydrogen) atoms. The van der Waals surface area contributed by atoms with Crippen LogP contribution < -0.4 is 5.32 Å². The second kappa shape index (κ2) is 14.1. The number of carbonyl (C=O) groups is 3. The molecule has 0 aromatic heterocycles. The molecule has 1 aliphatic carbocycles. The lowest BCUT2D eigenvalue weighted by molar-refractivity contribution is -0.147. The van der Waals surface area contributed by atoms with Gasteiger partial charge in [-0.25, -0.2) is 0 Å². The number of amides is 2. The van der Waals surface area contributed by atoms with E-state index in [9.17, 15) is 19.5 Å². The first-order valence-electron chi connectivity index (χ1n) is 13.6. The van der Waals surface area contributed by atoms with Gasteiger partial charge in [0.15, 0.2) is 0 Å². The van der Waals surface area contributed by atoms with Crippen molar-refractivity contribution in [3.8, 4) is 0 Å². The van der Waals surface area contributed by atoms with Crippen LogP contribution in [0.1, 0.15) is 75.3 Å². The third kappa shape index (κ3) is 8.03. The summed E-state index contributed by atoms with van der Waals surface area (Å²) in [6.45, 7) is 7.94. The summed E-state index contributed by atoms with van der Waals surface area (Å²) < 4.78 is 5.59. The number of ether oxygens (including phenoxy) is 1. The molecule has 2 atom stereocenters. The molecule has 1 saturated carbocycles. The molecule has 7 nitrogen and oxygen atoms in total. The average molecular weight is 511 g/mol. The Morgan fingerprint density at radius 2 is 1.86 bits per heavy atom. The van der Waals surface area contributed by atoms with Gasteiger partial charge in [0.2, 0.25) is 11.8 Å². The van der Waals surface area contributed by atoms with Crippen molar-refractivity contribution in [2.45, 2.75) is 88.8 Å². The van der Waals surface area contributed by atoms with Crippen molar-refractivity contribution in [1.82, 2.24) is 10.2 Å². The predicted octanol–water partition coefficient (Wildman–Crippen LogP) is 4.23. The molecule has 0 spiro atoms. The molecule has 0 radical (unpaired) electrons. The van der Waals surface area contributed by atoms with Gasteiger partial charge in [0, 0.05) is 19.4 Å². The van der Waals surface area contributed by atoms with Gasteiger partial charge in [-0.2, -0.15) is 0 Å². The van der Waals surface area contributed by atoms with E-state index in [0.29, 0.717) is 25.8 Å². The zero-order chi connectivity index (χ0) is 26.7. The lowest BCUT2D eigenvalue weighted by Crippen LogP contribution is -2.53. The number of aliphatic hydroxyl groups is 1. The van der Waals surface area contributed by atoms with Crippen LogP contribution in [-0.2, 0) is 32.1 Å². The minimum absolute atomic E-state index is 0.0374. The van der Waals surface area contributed by atoms with Gasteiger partial charge < -0.3 is 20.1 Å². The molecule has 2 amide bonds. The zero-order valence-electron chi connectivity index (χ0n) is 22.0. The summed E-state index contributed by atoms with van der Waals surface area (Å²) in [7, 11) is 0. The molecule has 1 aromatic carbocycles. The van der Waals surface area contributed by atoms with E-state index >= 15 is 0 Å². The molecule has 0 saturated heterocycles. The fourth-order valence-corrected chi connectivity index (χ4v) is 5.42. The Balaban J connectivity index is 1.61. The smallest absolute Gasteiger partial charge is 0.305 e. The van der Waals surface area contributed by atoms with Gasteiger partial charge in [-0.15, -0.1) is 13.2 Å². The van der Waals surface area contributed by atoms with Crippen LogP contribution in [0.4, 0.5) is 0 Å². The molecule has 2 aliphatic rings. The molecule has 1 aromatic rings. The van der Waals surface area contributed by atoms with E-state index in [1.165, 1.54) is 0 Å². The Hall–Kier alpha value is -2.93. The maximum Gasteiger partial charge on any atom is 0.305 e. The van der Waals surface area contributed by atoms with Gasteiger partial charge >= 0.3 is 5.97 Å². The van der Waals surface area contributed by atoms with Crippen molar-refractivity contribution in [2.24, 2.45) is 5.92 Å². The summed E-state index contributed by atoms with van der Waals surface area (Å²) in [6, 6.07) is 7.64. The topological polar surface area (TPSA) is 95.9 Å². The fraction of sp³-hybridized carbons (Fsp3) is 0.567. The Labute approximate surface area is 221 Å². The monoisotopic (exact) mass is 510 g/mol. The molecule has 2 N–H and O–H groups in total. The highest BCUT2D eigenvalue weighted by atomic mass is 16.5. The van der Waals surface area contributed by atoms with Crippen molar-refractivity contribution in [1.29, 1.82) is 0 Å².